The van der Waals surface area contributed by atoms with Crippen molar-refractivity contribution < 1.29 is 14.7 Å². The number of rotatable bonds is 8. The van der Waals surface area contributed by atoms with Gasteiger partial charge in [0.25, 0.3) is 0 Å². The molecule has 0 radical (unpaired) electrons. The van der Waals surface area contributed by atoms with Crippen molar-refractivity contribution in [3.63, 3.8) is 0 Å². The fourth-order valence-electron chi connectivity index (χ4n) is 1.61. The lowest BCUT2D eigenvalue weighted by Crippen LogP contribution is -2.49. The van der Waals surface area contributed by atoms with Crippen LogP contribution in [0.4, 0.5) is 0 Å². The number of carboxylic acids is 1. The van der Waals surface area contributed by atoms with Crippen LogP contribution >= 0.6 is 11.8 Å². The summed E-state index contributed by atoms with van der Waals surface area (Å²) in [5.74, 6) is 1.46. The Morgan fingerprint density at radius 1 is 1.40 bits per heavy atom. The van der Waals surface area contributed by atoms with Crippen molar-refractivity contribution in [2.75, 3.05) is 5.75 Å². The summed E-state index contributed by atoms with van der Waals surface area (Å²) >= 11 is 1.21. The molecule has 0 heterocycles. The molecular formula is C14H24N2O3S. The topological polar surface area (TPSA) is 92.4 Å². The molecule has 4 N–H and O–H groups in total. The summed E-state index contributed by atoms with van der Waals surface area (Å²) in [6, 6.07) is -1.03. The number of carbonyl (C=O) groups excluding carboxylic acids is 1. The first-order chi connectivity index (χ1) is 9.14. The maximum atomic E-state index is 12.0. The van der Waals surface area contributed by atoms with Gasteiger partial charge < -0.3 is 16.2 Å². The van der Waals surface area contributed by atoms with Crippen molar-refractivity contribution >= 4 is 23.6 Å². The third-order valence-corrected chi connectivity index (χ3v) is 4.86. The standard InChI is InChI=1S/C14H24N2O3S/c1-6-14(7-2,8-3)16-10(17)9-20-13(4,5)11(15)12(18)19/h1,11H,7-9,15H2,2-5H3,(H,16,17)(H,18,19)/t11-/m0/s1. The van der Waals surface area contributed by atoms with Gasteiger partial charge in [-0.3, -0.25) is 9.59 Å². The molecule has 1 amide bonds. The second kappa shape index (κ2) is 7.55. The third-order valence-electron chi connectivity index (χ3n) is 3.45. The quantitative estimate of drug-likeness (QED) is 0.586. The molecule has 6 heteroatoms. The minimum absolute atomic E-state index is 0.122. The molecule has 0 spiro atoms. The fourth-order valence-corrected chi connectivity index (χ4v) is 2.46. The summed E-state index contributed by atoms with van der Waals surface area (Å²) in [6.45, 7) is 7.25. The molecule has 0 rings (SSSR count). The molecule has 0 unspecified atom stereocenters. The lowest BCUT2D eigenvalue weighted by molar-refractivity contribution is -0.139. The Balaban J connectivity index is 4.58. The number of carboxylic acid groups (broad SMARTS) is 1. The summed E-state index contributed by atoms with van der Waals surface area (Å²) in [6.07, 6.45) is 6.77. The predicted molar refractivity (Wildman–Crippen MR) is 82.4 cm³/mol. The monoisotopic (exact) mass is 300 g/mol. The molecule has 114 valence electrons. The van der Waals surface area contributed by atoms with Crippen LogP contribution < -0.4 is 11.1 Å². The Kier molecular flexibility index (Phi) is 7.11. The van der Waals surface area contributed by atoms with E-state index in [0.717, 1.165) is 0 Å². The zero-order chi connectivity index (χ0) is 16.0. The van der Waals surface area contributed by atoms with Crippen LogP contribution in [-0.2, 0) is 9.59 Å². The average Bonchev–Trinajstić information content (AvgIpc) is 2.42. The van der Waals surface area contributed by atoms with E-state index in [9.17, 15) is 9.59 Å². The normalized spacial score (nSPS) is 13.4. The zero-order valence-electron chi connectivity index (χ0n) is 12.5. The second-order valence-corrected chi connectivity index (χ2v) is 6.82. The lowest BCUT2D eigenvalue weighted by atomic mass is 9.94. The minimum Gasteiger partial charge on any atom is -0.480 e. The highest BCUT2D eigenvalue weighted by Gasteiger charge is 2.34. The Hall–Kier alpha value is -1.19. The number of terminal acetylenes is 1. The lowest BCUT2D eigenvalue weighted by Gasteiger charge is -2.30. The van der Waals surface area contributed by atoms with Gasteiger partial charge in [0, 0.05) is 4.75 Å². The summed E-state index contributed by atoms with van der Waals surface area (Å²) in [4.78, 5) is 22.9. The Bertz CT molecular complexity index is 398. The van der Waals surface area contributed by atoms with Crippen LogP contribution in [0.15, 0.2) is 0 Å². The van der Waals surface area contributed by atoms with E-state index in [4.69, 9.17) is 17.3 Å². The number of carbonyl (C=O) groups is 2. The van der Waals surface area contributed by atoms with Crippen LogP contribution in [0.3, 0.4) is 0 Å². The molecule has 0 aromatic heterocycles. The first kappa shape index (κ1) is 18.8. The average molecular weight is 300 g/mol. The summed E-state index contributed by atoms with van der Waals surface area (Å²) < 4.78 is -0.736. The van der Waals surface area contributed by atoms with E-state index in [1.165, 1.54) is 11.8 Å². The van der Waals surface area contributed by atoms with Crippen LogP contribution in [0.1, 0.15) is 40.5 Å². The van der Waals surface area contributed by atoms with Gasteiger partial charge in [0.05, 0.1) is 5.75 Å². The maximum absolute atomic E-state index is 12.0. The minimum atomic E-state index is -1.08. The van der Waals surface area contributed by atoms with Gasteiger partial charge in [-0.2, -0.15) is 0 Å². The SMILES string of the molecule is C#CC(CC)(CC)NC(=O)CSC(C)(C)[C@@H](N)C(=O)O. The van der Waals surface area contributed by atoms with Crippen LogP contribution in [0.5, 0.6) is 0 Å². The Morgan fingerprint density at radius 3 is 2.25 bits per heavy atom. The van der Waals surface area contributed by atoms with Crippen LogP contribution in [0.2, 0.25) is 0 Å². The predicted octanol–water partition coefficient (Wildman–Crippen LogP) is 1.22. The van der Waals surface area contributed by atoms with E-state index in [0.29, 0.717) is 12.8 Å². The summed E-state index contributed by atoms with van der Waals surface area (Å²) in [5.41, 5.74) is 4.97. The first-order valence-corrected chi connectivity index (χ1v) is 7.53. The molecular weight excluding hydrogens is 276 g/mol. The molecule has 0 aromatic rings. The van der Waals surface area contributed by atoms with Gasteiger partial charge in [-0.1, -0.05) is 19.8 Å². The van der Waals surface area contributed by atoms with Crippen LogP contribution in [-0.4, -0.2) is 39.1 Å². The number of thioether (sulfide) groups is 1. The maximum Gasteiger partial charge on any atom is 0.321 e. The fraction of sp³-hybridized carbons (Fsp3) is 0.714. The number of aliphatic carboxylic acids is 1. The van der Waals surface area contributed by atoms with E-state index in [1.807, 2.05) is 13.8 Å². The van der Waals surface area contributed by atoms with Gasteiger partial charge >= 0.3 is 5.97 Å². The van der Waals surface area contributed by atoms with E-state index in [1.54, 1.807) is 13.8 Å². The van der Waals surface area contributed by atoms with E-state index < -0.39 is 22.3 Å². The highest BCUT2D eigenvalue weighted by atomic mass is 32.2. The van der Waals surface area contributed by atoms with E-state index in [2.05, 4.69) is 11.2 Å². The van der Waals surface area contributed by atoms with Crippen molar-refractivity contribution in [1.82, 2.24) is 5.32 Å². The largest absolute Gasteiger partial charge is 0.480 e. The van der Waals surface area contributed by atoms with Gasteiger partial charge in [0.15, 0.2) is 0 Å². The van der Waals surface area contributed by atoms with Crippen molar-refractivity contribution in [3.05, 3.63) is 0 Å². The van der Waals surface area contributed by atoms with Crippen molar-refractivity contribution in [3.8, 4) is 12.3 Å². The van der Waals surface area contributed by atoms with Crippen LogP contribution in [0.25, 0.3) is 0 Å². The molecule has 0 fully saturated rings. The molecule has 0 saturated heterocycles. The van der Waals surface area contributed by atoms with Gasteiger partial charge in [-0.25, -0.2) is 0 Å². The van der Waals surface area contributed by atoms with Gasteiger partial charge in [0.1, 0.15) is 11.6 Å². The first-order valence-electron chi connectivity index (χ1n) is 6.55. The number of amides is 1. The molecule has 0 aliphatic rings. The Morgan fingerprint density at radius 2 is 1.90 bits per heavy atom. The summed E-state index contributed by atoms with van der Waals surface area (Å²) in [5, 5.41) is 11.8. The number of hydrogen-bond acceptors (Lipinski definition) is 4. The number of hydrogen-bond donors (Lipinski definition) is 3. The molecule has 20 heavy (non-hydrogen) atoms. The molecule has 0 aliphatic heterocycles. The van der Waals surface area contributed by atoms with Crippen molar-refractivity contribution in [2.45, 2.75) is 56.9 Å². The molecule has 1 atom stereocenters. The second-order valence-electron chi connectivity index (χ2n) is 5.19. The third kappa shape index (κ3) is 5.06. The summed E-state index contributed by atoms with van der Waals surface area (Å²) in [7, 11) is 0. The van der Waals surface area contributed by atoms with Gasteiger partial charge in [0.2, 0.25) is 5.91 Å². The zero-order valence-corrected chi connectivity index (χ0v) is 13.3. The van der Waals surface area contributed by atoms with Gasteiger partial charge in [-0.15, -0.1) is 18.2 Å². The highest BCUT2D eigenvalue weighted by Crippen LogP contribution is 2.27. The highest BCUT2D eigenvalue weighted by molar-refractivity contribution is 8.01. The van der Waals surface area contributed by atoms with Crippen LogP contribution in [0, 0.1) is 12.3 Å². The van der Waals surface area contributed by atoms with E-state index >= 15 is 0 Å². The number of nitrogens with two attached hydrogens (primary N) is 1. The number of nitrogens with one attached hydrogen (secondary N) is 1. The van der Waals surface area contributed by atoms with Crippen molar-refractivity contribution in [1.29, 1.82) is 0 Å². The molecule has 0 aliphatic carbocycles. The molecule has 5 nitrogen and oxygen atoms in total. The molecule has 0 saturated carbocycles. The Labute approximate surface area is 125 Å². The van der Waals surface area contributed by atoms with Gasteiger partial charge in [-0.05, 0) is 26.7 Å². The smallest absolute Gasteiger partial charge is 0.321 e. The molecule has 0 bridgehead atoms. The van der Waals surface area contributed by atoms with E-state index in [-0.39, 0.29) is 11.7 Å². The van der Waals surface area contributed by atoms with Crippen molar-refractivity contribution in [2.24, 2.45) is 5.73 Å². The molecule has 0 aromatic carbocycles.